The van der Waals surface area contributed by atoms with E-state index in [9.17, 15) is 26.7 Å². The molecule has 0 aliphatic carbocycles. The predicted octanol–water partition coefficient (Wildman–Crippen LogP) is 2.65. The molecule has 0 atom stereocenters. The molecule has 28 heavy (non-hydrogen) atoms. The quantitative estimate of drug-likeness (QED) is 0.215. The molecule has 3 rings (SSSR count). The second-order valence-corrected chi connectivity index (χ2v) is 5.26. The molecule has 7 nitrogen and oxygen atoms in total. The number of hydrogen-bond donors (Lipinski definition) is 0. The fourth-order valence-electron chi connectivity index (χ4n) is 2.20. The van der Waals surface area contributed by atoms with E-state index in [2.05, 4.69) is 20.3 Å². The minimum absolute atomic E-state index is 0.0945. The Morgan fingerprint density at radius 3 is 2.11 bits per heavy atom. The third-order valence-corrected chi connectivity index (χ3v) is 3.54. The summed E-state index contributed by atoms with van der Waals surface area (Å²) >= 11 is 0. The Morgan fingerprint density at radius 1 is 0.964 bits per heavy atom. The van der Waals surface area contributed by atoms with Crippen LogP contribution in [0.2, 0.25) is 0 Å². The van der Waals surface area contributed by atoms with Crippen LogP contribution in [-0.2, 0) is 11.3 Å². The van der Waals surface area contributed by atoms with Gasteiger partial charge in [0.15, 0.2) is 5.82 Å². The third-order valence-electron chi connectivity index (χ3n) is 3.54. The van der Waals surface area contributed by atoms with Gasteiger partial charge >= 0.3 is 5.97 Å². The Kier molecular flexibility index (Phi) is 5.20. The zero-order valence-corrected chi connectivity index (χ0v) is 13.9. The molecular weight excluding hydrogens is 391 g/mol. The first-order chi connectivity index (χ1) is 13.3. The summed E-state index contributed by atoms with van der Waals surface area (Å²) in [7, 11) is 1.47. The molecule has 146 valence electrons. The fourth-order valence-corrected chi connectivity index (χ4v) is 2.20. The van der Waals surface area contributed by atoms with Gasteiger partial charge in [-0.05, 0) is 34.7 Å². The number of nitrogens with zero attached hydrogens (tertiary/aromatic N) is 4. The van der Waals surface area contributed by atoms with Crippen molar-refractivity contribution in [1.82, 2.24) is 20.2 Å². The van der Waals surface area contributed by atoms with E-state index in [-0.39, 0.29) is 5.82 Å². The van der Waals surface area contributed by atoms with Crippen molar-refractivity contribution in [2.45, 2.75) is 6.54 Å². The van der Waals surface area contributed by atoms with Crippen LogP contribution < -0.4 is 9.47 Å². The number of carbonyl (C=O) groups is 1. The molecule has 0 bridgehead atoms. The second kappa shape index (κ2) is 7.58. The van der Waals surface area contributed by atoms with Gasteiger partial charge in [0.1, 0.15) is 12.3 Å². The molecule has 0 aliphatic rings. The van der Waals surface area contributed by atoms with E-state index in [1.807, 2.05) is 0 Å². The van der Waals surface area contributed by atoms with E-state index < -0.39 is 47.3 Å². The topological polar surface area (TPSA) is 79.1 Å². The molecular formula is C16H9F5N4O3. The number of halogens is 5. The zero-order chi connectivity index (χ0) is 20.4. The minimum Gasteiger partial charge on any atom is -0.497 e. The number of benzene rings is 2. The van der Waals surface area contributed by atoms with Crippen LogP contribution in [0.1, 0.15) is 0 Å². The van der Waals surface area contributed by atoms with Crippen molar-refractivity contribution in [3.05, 3.63) is 53.4 Å². The Bertz CT molecular complexity index is 1010. The molecule has 1 aromatic heterocycles. The predicted molar refractivity (Wildman–Crippen MR) is 81.7 cm³/mol. The standard InChI is InChI=1S/C16H9F5N4O3/c1-27-8-4-2-7(3-5-8)16-22-23-24-25(16)6-9(26)28-15-13(20)11(18)10(17)12(19)14(15)21/h2-5H,6H2,1H3. The number of rotatable bonds is 5. The summed E-state index contributed by atoms with van der Waals surface area (Å²) in [5, 5.41) is 10.6. The molecule has 1 heterocycles. The number of tetrazole rings is 1. The van der Waals surface area contributed by atoms with Gasteiger partial charge in [0.25, 0.3) is 0 Å². The Balaban J connectivity index is 1.83. The molecule has 3 aromatic rings. The van der Waals surface area contributed by atoms with Crippen LogP contribution in [0.4, 0.5) is 22.0 Å². The van der Waals surface area contributed by atoms with Gasteiger partial charge in [0.2, 0.25) is 34.8 Å². The number of aromatic nitrogens is 4. The monoisotopic (exact) mass is 400 g/mol. The van der Waals surface area contributed by atoms with Crippen molar-refractivity contribution >= 4 is 5.97 Å². The van der Waals surface area contributed by atoms with Crippen LogP contribution in [-0.4, -0.2) is 33.3 Å². The summed E-state index contributed by atoms with van der Waals surface area (Å²) in [6.45, 7) is -0.756. The van der Waals surface area contributed by atoms with E-state index >= 15 is 0 Å². The molecule has 0 spiro atoms. The maximum atomic E-state index is 13.6. The van der Waals surface area contributed by atoms with Gasteiger partial charge in [0, 0.05) is 5.56 Å². The summed E-state index contributed by atoms with van der Waals surface area (Å²) in [6, 6.07) is 6.36. The van der Waals surface area contributed by atoms with Gasteiger partial charge in [-0.2, -0.15) is 8.78 Å². The number of methoxy groups -OCH3 is 1. The Morgan fingerprint density at radius 2 is 1.54 bits per heavy atom. The maximum Gasteiger partial charge on any atom is 0.333 e. The number of ether oxygens (including phenoxy) is 2. The number of hydrogen-bond acceptors (Lipinski definition) is 6. The summed E-state index contributed by atoms with van der Waals surface area (Å²) in [5.41, 5.74) is 0.467. The van der Waals surface area contributed by atoms with Gasteiger partial charge in [0.05, 0.1) is 7.11 Å². The Labute approximate surface area is 153 Å². The third kappa shape index (κ3) is 3.48. The summed E-state index contributed by atoms with van der Waals surface area (Å²) in [4.78, 5) is 11.9. The van der Waals surface area contributed by atoms with E-state index in [1.165, 1.54) is 7.11 Å². The second-order valence-electron chi connectivity index (χ2n) is 5.26. The summed E-state index contributed by atoms with van der Waals surface area (Å²) in [5.74, 6) is -13.8. The van der Waals surface area contributed by atoms with Gasteiger partial charge in [-0.1, -0.05) is 0 Å². The molecule has 0 N–H and O–H groups in total. The molecule has 2 aromatic carbocycles. The number of esters is 1. The first-order valence-corrected chi connectivity index (χ1v) is 7.46. The van der Waals surface area contributed by atoms with Crippen LogP contribution in [0.5, 0.6) is 11.5 Å². The molecule has 0 saturated heterocycles. The highest BCUT2D eigenvalue weighted by Crippen LogP contribution is 2.29. The Hall–Kier alpha value is -3.57. The van der Waals surface area contributed by atoms with E-state index in [0.29, 0.717) is 11.3 Å². The van der Waals surface area contributed by atoms with Crippen LogP contribution in [0.15, 0.2) is 24.3 Å². The van der Waals surface area contributed by atoms with E-state index in [0.717, 1.165) is 4.68 Å². The van der Waals surface area contributed by atoms with Crippen LogP contribution >= 0.6 is 0 Å². The van der Waals surface area contributed by atoms with Crippen molar-refractivity contribution < 1.29 is 36.2 Å². The smallest absolute Gasteiger partial charge is 0.333 e. The highest BCUT2D eigenvalue weighted by Gasteiger charge is 2.29. The first kappa shape index (κ1) is 19.2. The number of carbonyl (C=O) groups excluding carboxylic acids is 1. The van der Waals surface area contributed by atoms with Gasteiger partial charge in [-0.15, -0.1) is 5.10 Å². The summed E-state index contributed by atoms with van der Waals surface area (Å²) < 4.78 is 76.8. The largest absolute Gasteiger partial charge is 0.497 e. The van der Waals surface area contributed by atoms with Crippen LogP contribution in [0, 0.1) is 29.1 Å². The lowest BCUT2D eigenvalue weighted by molar-refractivity contribution is -0.135. The molecule has 0 aliphatic heterocycles. The van der Waals surface area contributed by atoms with Crippen molar-refractivity contribution in [1.29, 1.82) is 0 Å². The lowest BCUT2D eigenvalue weighted by Crippen LogP contribution is -2.20. The van der Waals surface area contributed by atoms with Crippen LogP contribution in [0.3, 0.4) is 0 Å². The van der Waals surface area contributed by atoms with Crippen molar-refractivity contribution in [2.75, 3.05) is 7.11 Å². The molecule has 0 amide bonds. The van der Waals surface area contributed by atoms with Crippen molar-refractivity contribution in [3.8, 4) is 22.9 Å². The molecule has 0 radical (unpaired) electrons. The molecule has 0 unspecified atom stereocenters. The molecule has 0 fully saturated rings. The first-order valence-electron chi connectivity index (χ1n) is 7.46. The summed E-state index contributed by atoms with van der Waals surface area (Å²) in [6.07, 6.45) is 0. The lowest BCUT2D eigenvalue weighted by Gasteiger charge is -2.09. The molecule has 0 saturated carbocycles. The van der Waals surface area contributed by atoms with Crippen LogP contribution in [0.25, 0.3) is 11.4 Å². The lowest BCUT2D eigenvalue weighted by atomic mass is 10.2. The minimum atomic E-state index is -2.36. The highest BCUT2D eigenvalue weighted by molar-refractivity contribution is 5.73. The van der Waals surface area contributed by atoms with Gasteiger partial charge < -0.3 is 9.47 Å². The molecule has 12 heteroatoms. The zero-order valence-electron chi connectivity index (χ0n) is 13.9. The van der Waals surface area contributed by atoms with E-state index in [4.69, 9.17) is 4.74 Å². The van der Waals surface area contributed by atoms with Gasteiger partial charge in [-0.3, -0.25) is 0 Å². The van der Waals surface area contributed by atoms with Gasteiger partial charge in [-0.25, -0.2) is 22.6 Å². The average molecular weight is 400 g/mol. The van der Waals surface area contributed by atoms with E-state index in [1.54, 1.807) is 24.3 Å². The normalized spacial score (nSPS) is 10.8. The highest BCUT2D eigenvalue weighted by atomic mass is 19.2. The fraction of sp³-hybridized carbons (Fsp3) is 0.125. The SMILES string of the molecule is COc1ccc(-c2nnnn2CC(=O)Oc2c(F)c(F)c(F)c(F)c2F)cc1. The maximum absolute atomic E-state index is 13.6. The van der Waals surface area contributed by atoms with Crippen molar-refractivity contribution in [2.24, 2.45) is 0 Å². The van der Waals surface area contributed by atoms with Crippen molar-refractivity contribution in [3.63, 3.8) is 0 Å². The average Bonchev–Trinajstić information content (AvgIpc) is 3.16.